The second kappa shape index (κ2) is 14.0. The molecule has 3 aromatic rings. The first-order valence-electron chi connectivity index (χ1n) is 15.4. The van der Waals surface area contributed by atoms with Gasteiger partial charge in [0, 0.05) is 60.1 Å². The van der Waals surface area contributed by atoms with Crippen molar-refractivity contribution in [3.8, 4) is 0 Å². The molecule has 264 valence electrons. The summed E-state index contributed by atoms with van der Waals surface area (Å²) in [6.45, 7) is 5.38. The first-order valence-corrected chi connectivity index (χ1v) is 18.3. The monoisotopic (exact) mass is 744 g/mol. The maximum Gasteiger partial charge on any atom is 0.350 e. The molecule has 2 aromatic heterocycles. The van der Waals surface area contributed by atoms with Gasteiger partial charge in [0.2, 0.25) is 11.1 Å². The topological polar surface area (TPSA) is 206 Å². The molecule has 0 saturated carbocycles. The molecule has 5 N–H and O–H groups in total. The van der Waals surface area contributed by atoms with Gasteiger partial charge >= 0.3 is 5.97 Å². The Bertz CT molecular complexity index is 1960. The average molecular weight is 745 g/mol. The molecule has 3 aliphatic heterocycles. The van der Waals surface area contributed by atoms with Gasteiger partial charge in [0.1, 0.15) is 30.0 Å². The van der Waals surface area contributed by atoms with E-state index in [1.54, 1.807) is 0 Å². The van der Waals surface area contributed by atoms with Crippen LogP contribution in [0.15, 0.2) is 51.1 Å². The van der Waals surface area contributed by atoms with Crippen molar-refractivity contribution in [1.29, 1.82) is 0 Å². The Labute approximate surface area is 297 Å². The van der Waals surface area contributed by atoms with E-state index in [1.165, 1.54) is 48.8 Å². The molecule has 0 radical (unpaired) electrons. The summed E-state index contributed by atoms with van der Waals surface area (Å²) in [7, 11) is 1.88. The third kappa shape index (κ3) is 6.81. The van der Waals surface area contributed by atoms with Gasteiger partial charge in [0.15, 0.2) is 17.0 Å². The first-order chi connectivity index (χ1) is 23.8. The molecule has 2 saturated heterocycles. The summed E-state index contributed by atoms with van der Waals surface area (Å²) in [5.41, 5.74) is 5.03. The molecule has 1 aromatic carbocycles. The van der Waals surface area contributed by atoms with E-state index in [0.29, 0.717) is 29.7 Å². The number of rotatable bonds is 11. The lowest BCUT2D eigenvalue weighted by atomic mass is 10.0. The summed E-state index contributed by atoms with van der Waals surface area (Å²) in [5.74, 6) is -4.39. The molecule has 2 unspecified atom stereocenters. The van der Waals surface area contributed by atoms with Gasteiger partial charge in [-0.3, -0.25) is 14.5 Å². The van der Waals surface area contributed by atoms with Crippen molar-refractivity contribution < 1.29 is 43.2 Å². The number of nitrogens with zero attached hydrogens (tertiary/aromatic N) is 5. The molecule has 19 heteroatoms. The molecule has 0 spiro atoms. The van der Waals surface area contributed by atoms with Crippen LogP contribution >= 0.6 is 34.9 Å². The standard InChI is InChI=1S/C31H33FN8O7S3/c1-31(2,29(45)46)47-37-22(18-14-50-30(33)35-18)25(41)36-23-26(42)40-24(28(43)44)15(13-49-27(23)40)12-48-21-4-7-38(3)19-11-20(17(32)10-16(19)21)39-8-5-34-6-9-39/h4,7,10-11,14,23,27,34H,5-6,8-9,12-13H2,1-3H3,(H4-,33,35,36,41,43,44,45,46)/b37-22-. The van der Waals surface area contributed by atoms with Gasteiger partial charge in [-0.25, -0.2) is 18.7 Å². The van der Waals surface area contributed by atoms with Gasteiger partial charge in [-0.2, -0.15) is 0 Å². The van der Waals surface area contributed by atoms with Crippen LogP contribution in [0, 0.1) is 5.82 Å². The molecule has 2 atom stereocenters. The highest BCUT2D eigenvalue weighted by atomic mass is 32.2. The van der Waals surface area contributed by atoms with Gasteiger partial charge in [-0.1, -0.05) is 5.16 Å². The smallest absolute Gasteiger partial charge is 0.350 e. The van der Waals surface area contributed by atoms with Crippen molar-refractivity contribution in [2.24, 2.45) is 12.2 Å². The van der Waals surface area contributed by atoms with Crippen LogP contribution in [0.4, 0.5) is 15.2 Å². The SMILES string of the molecule is C[n+]1ccc(SCC2=C(C(=O)[O-])N3C(=O)C(NC(=O)/C(=N\OC(C)(C)C(=O)O)c4csc(N)n4)C3SC2)c2cc(F)c(N3CCNCC3)cc21. The number of hydrogen-bond donors (Lipinski definition) is 4. The second-order valence-corrected chi connectivity index (χ2v) is 15.2. The third-order valence-electron chi connectivity index (χ3n) is 8.41. The number of carbonyl (C=O) groups excluding carboxylic acids is 3. The summed E-state index contributed by atoms with van der Waals surface area (Å²) in [6.07, 6.45) is 1.86. The van der Waals surface area contributed by atoms with Crippen LogP contribution in [0.2, 0.25) is 0 Å². The number of amides is 2. The van der Waals surface area contributed by atoms with Crippen LogP contribution in [0.1, 0.15) is 19.5 Å². The minimum absolute atomic E-state index is 0.00248. The molecule has 0 aliphatic carbocycles. The molecule has 0 bridgehead atoms. The van der Waals surface area contributed by atoms with Crippen LogP contribution in [-0.2, 0) is 31.1 Å². The maximum absolute atomic E-state index is 15.4. The van der Waals surface area contributed by atoms with Crippen molar-refractivity contribution in [3.05, 3.63) is 52.6 Å². The molecule has 2 amide bonds. The van der Waals surface area contributed by atoms with E-state index >= 15 is 4.39 Å². The fourth-order valence-corrected chi connectivity index (χ4v) is 8.69. The Morgan fingerprint density at radius 1 is 1.32 bits per heavy atom. The Morgan fingerprint density at radius 2 is 2.06 bits per heavy atom. The summed E-state index contributed by atoms with van der Waals surface area (Å²) in [6, 6.07) is 4.05. The number of piperazine rings is 1. The minimum atomic E-state index is -1.79. The number of anilines is 2. The Hall–Kier alpha value is -4.46. The zero-order valence-electron chi connectivity index (χ0n) is 27.1. The van der Waals surface area contributed by atoms with E-state index in [1.807, 2.05) is 34.8 Å². The minimum Gasteiger partial charge on any atom is -0.543 e. The number of oxime groups is 1. The number of aromatic nitrogens is 2. The van der Waals surface area contributed by atoms with Gasteiger partial charge < -0.3 is 41.1 Å². The quantitative estimate of drug-likeness (QED) is 0.0674. The van der Waals surface area contributed by atoms with E-state index < -0.39 is 46.5 Å². The van der Waals surface area contributed by atoms with Crippen LogP contribution in [-0.4, -0.2) is 99.2 Å². The number of nitrogens with two attached hydrogens (primary N) is 1. The number of nitrogens with one attached hydrogen (secondary N) is 2. The van der Waals surface area contributed by atoms with Crippen LogP contribution in [0.3, 0.4) is 0 Å². The highest BCUT2D eigenvalue weighted by Crippen LogP contribution is 2.42. The van der Waals surface area contributed by atoms with Crippen LogP contribution in [0.5, 0.6) is 0 Å². The van der Waals surface area contributed by atoms with Crippen molar-refractivity contribution in [2.45, 2.75) is 35.8 Å². The molecule has 3 aliphatic rings. The van der Waals surface area contributed by atoms with E-state index in [-0.39, 0.29) is 33.8 Å². The molecule has 15 nitrogen and oxygen atoms in total. The number of thioether (sulfide) groups is 2. The summed E-state index contributed by atoms with van der Waals surface area (Å²) < 4.78 is 17.3. The number of carboxylic acid groups (broad SMARTS) is 2. The Kier molecular flexibility index (Phi) is 9.93. The number of pyridine rings is 1. The molecular weight excluding hydrogens is 712 g/mol. The summed E-state index contributed by atoms with van der Waals surface area (Å²) in [4.78, 5) is 63.7. The highest BCUT2D eigenvalue weighted by molar-refractivity contribution is 8.01. The predicted molar refractivity (Wildman–Crippen MR) is 184 cm³/mol. The van der Waals surface area contributed by atoms with Crippen molar-refractivity contribution in [2.75, 3.05) is 48.3 Å². The number of benzene rings is 1. The van der Waals surface area contributed by atoms with Crippen LogP contribution in [0.25, 0.3) is 10.9 Å². The number of thiazole rings is 1. The van der Waals surface area contributed by atoms with E-state index in [2.05, 4.69) is 20.8 Å². The lowest BCUT2D eigenvalue weighted by Crippen LogP contribution is -2.71. The average Bonchev–Trinajstić information content (AvgIpc) is 3.51. The Morgan fingerprint density at radius 3 is 2.72 bits per heavy atom. The number of β-lactam (4-membered cyclic amide) rings is 1. The van der Waals surface area contributed by atoms with Crippen molar-refractivity contribution in [1.82, 2.24) is 20.5 Å². The first kappa shape index (κ1) is 35.4. The lowest BCUT2D eigenvalue weighted by molar-refractivity contribution is -0.645. The molecule has 6 rings (SSSR count). The largest absolute Gasteiger partial charge is 0.543 e. The third-order valence-corrected chi connectivity index (χ3v) is 11.6. The van der Waals surface area contributed by atoms with Crippen molar-refractivity contribution >= 4 is 86.0 Å². The van der Waals surface area contributed by atoms with E-state index in [4.69, 9.17) is 10.6 Å². The van der Waals surface area contributed by atoms with Gasteiger partial charge in [-0.05, 0) is 25.5 Å². The number of halogens is 1. The zero-order chi connectivity index (χ0) is 35.9. The molecule has 2 fully saturated rings. The number of nitrogen functional groups attached to an aromatic ring is 1. The van der Waals surface area contributed by atoms with Gasteiger partial charge in [0.25, 0.3) is 11.8 Å². The van der Waals surface area contributed by atoms with Crippen LogP contribution < -0.4 is 30.9 Å². The summed E-state index contributed by atoms with van der Waals surface area (Å²) in [5, 5.41) is 32.8. The number of carbonyl (C=O) groups is 4. The summed E-state index contributed by atoms with van der Waals surface area (Å²) >= 11 is 3.60. The van der Waals surface area contributed by atoms with Crippen molar-refractivity contribution in [3.63, 3.8) is 0 Å². The van der Waals surface area contributed by atoms with Gasteiger partial charge in [0.05, 0.1) is 22.7 Å². The van der Waals surface area contributed by atoms with E-state index in [9.17, 15) is 29.4 Å². The highest BCUT2D eigenvalue weighted by Gasteiger charge is 2.53. The number of fused-ring (bicyclic) bond motifs is 2. The number of hydrogen-bond acceptors (Lipinski definition) is 14. The second-order valence-electron chi connectivity index (χ2n) is 12.2. The lowest BCUT2D eigenvalue weighted by Gasteiger charge is -2.50. The fourth-order valence-electron chi connectivity index (χ4n) is 5.62. The fraction of sp³-hybridized carbons (Fsp3) is 0.387. The molecular formula is C31H33FN8O7S3. The van der Waals surface area contributed by atoms with E-state index in [0.717, 1.165) is 39.7 Å². The van der Waals surface area contributed by atoms with Gasteiger partial charge in [-0.15, -0.1) is 34.9 Å². The number of carboxylic acids is 2. The number of aliphatic carboxylic acids is 2. The number of aryl methyl sites for hydroxylation is 1. The normalized spacial score (nSPS) is 19.7. The zero-order valence-corrected chi connectivity index (χ0v) is 29.5. The maximum atomic E-state index is 15.4. The molecule has 5 heterocycles. The predicted octanol–water partition coefficient (Wildman–Crippen LogP) is 0.0318. The molecule has 50 heavy (non-hydrogen) atoms. The Balaban J connectivity index is 1.20.